The second-order valence-electron chi connectivity index (χ2n) is 7.47. The van der Waals surface area contributed by atoms with E-state index in [1.165, 1.54) is 7.11 Å². The van der Waals surface area contributed by atoms with Crippen molar-refractivity contribution in [2.24, 2.45) is 0 Å². The molecule has 0 bridgehead atoms. The fourth-order valence-electron chi connectivity index (χ4n) is 4.37. The number of dihydropyridines is 1. The Labute approximate surface area is 175 Å². The van der Waals surface area contributed by atoms with Gasteiger partial charge in [-0.3, -0.25) is 4.79 Å². The monoisotopic (exact) mass is 407 g/mol. The lowest BCUT2D eigenvalue weighted by molar-refractivity contribution is -0.136. The zero-order chi connectivity index (χ0) is 20.5. The first kappa shape index (κ1) is 19.5. The summed E-state index contributed by atoms with van der Waals surface area (Å²) in [5.41, 5.74) is 4.75. The standard InChI is InChI=1S/C24H22ClNO3/c1-14-21(24(28)29-2)22(16-8-10-18(25)11-9-16)23-19(26-14)12-17(13-20(23)27)15-6-4-3-5-7-15/h3-11,17,22,26H,12-13H2,1-2H3/t17-,22-/m0/s1. The van der Waals surface area contributed by atoms with Gasteiger partial charge in [0.25, 0.3) is 0 Å². The number of methoxy groups -OCH3 is 1. The predicted molar refractivity (Wildman–Crippen MR) is 112 cm³/mol. The lowest BCUT2D eigenvalue weighted by atomic mass is 9.72. The van der Waals surface area contributed by atoms with Crippen LogP contribution < -0.4 is 5.32 Å². The number of carbonyl (C=O) groups is 2. The molecular formula is C24H22ClNO3. The molecule has 0 fully saturated rings. The summed E-state index contributed by atoms with van der Waals surface area (Å²) in [7, 11) is 1.36. The third-order valence-electron chi connectivity index (χ3n) is 5.71. The molecule has 0 saturated carbocycles. The van der Waals surface area contributed by atoms with Gasteiger partial charge in [-0.1, -0.05) is 54.1 Å². The fraction of sp³-hybridized carbons (Fsp3) is 0.250. The second-order valence-corrected chi connectivity index (χ2v) is 7.91. The number of ether oxygens (including phenoxy) is 1. The summed E-state index contributed by atoms with van der Waals surface area (Å²) >= 11 is 6.06. The molecule has 2 aliphatic rings. The van der Waals surface area contributed by atoms with Crippen LogP contribution in [0.25, 0.3) is 0 Å². The maximum Gasteiger partial charge on any atom is 0.336 e. The molecule has 5 heteroatoms. The van der Waals surface area contributed by atoms with Crippen molar-refractivity contribution in [1.82, 2.24) is 5.32 Å². The molecule has 4 nitrogen and oxygen atoms in total. The van der Waals surface area contributed by atoms with Crippen LogP contribution in [0.4, 0.5) is 0 Å². The number of hydrogen-bond acceptors (Lipinski definition) is 4. The number of benzene rings is 2. The van der Waals surface area contributed by atoms with Gasteiger partial charge in [0.1, 0.15) is 0 Å². The molecule has 29 heavy (non-hydrogen) atoms. The van der Waals surface area contributed by atoms with Gasteiger partial charge < -0.3 is 10.1 Å². The number of carbonyl (C=O) groups excluding carboxylic acids is 2. The van der Waals surface area contributed by atoms with Crippen molar-refractivity contribution >= 4 is 23.4 Å². The number of rotatable bonds is 3. The number of ketones is 1. The van der Waals surface area contributed by atoms with E-state index in [0.29, 0.717) is 22.6 Å². The van der Waals surface area contributed by atoms with E-state index in [-0.39, 0.29) is 11.7 Å². The number of halogens is 1. The van der Waals surface area contributed by atoms with Crippen LogP contribution in [-0.4, -0.2) is 18.9 Å². The largest absolute Gasteiger partial charge is 0.466 e. The second kappa shape index (κ2) is 7.88. The highest BCUT2D eigenvalue weighted by Crippen LogP contribution is 2.45. The summed E-state index contributed by atoms with van der Waals surface area (Å²) in [6, 6.07) is 17.4. The van der Waals surface area contributed by atoms with Crippen molar-refractivity contribution in [2.45, 2.75) is 31.6 Å². The van der Waals surface area contributed by atoms with Gasteiger partial charge in [-0.25, -0.2) is 4.79 Å². The maximum atomic E-state index is 13.3. The minimum absolute atomic E-state index is 0.0569. The summed E-state index contributed by atoms with van der Waals surface area (Å²) < 4.78 is 5.04. The van der Waals surface area contributed by atoms with Crippen molar-refractivity contribution in [3.8, 4) is 0 Å². The molecule has 1 heterocycles. The van der Waals surface area contributed by atoms with Crippen LogP contribution in [0.3, 0.4) is 0 Å². The fourth-order valence-corrected chi connectivity index (χ4v) is 4.50. The highest BCUT2D eigenvalue weighted by atomic mass is 35.5. The number of hydrogen-bond donors (Lipinski definition) is 1. The van der Waals surface area contributed by atoms with Crippen molar-refractivity contribution in [2.75, 3.05) is 7.11 Å². The van der Waals surface area contributed by atoms with Gasteiger partial charge in [-0.15, -0.1) is 0 Å². The Hall–Kier alpha value is -2.85. The Balaban J connectivity index is 1.81. The summed E-state index contributed by atoms with van der Waals surface area (Å²) in [5, 5.41) is 3.94. The molecule has 0 saturated heterocycles. The molecule has 4 rings (SSSR count). The van der Waals surface area contributed by atoms with Gasteiger partial charge in [0.05, 0.1) is 12.7 Å². The minimum atomic E-state index is -0.458. The third-order valence-corrected chi connectivity index (χ3v) is 5.96. The molecule has 0 radical (unpaired) electrons. The van der Waals surface area contributed by atoms with Crippen LogP contribution in [0.5, 0.6) is 0 Å². The smallest absolute Gasteiger partial charge is 0.336 e. The summed E-state index contributed by atoms with van der Waals surface area (Å²) in [6.45, 7) is 1.86. The lowest BCUT2D eigenvalue weighted by Gasteiger charge is -2.36. The van der Waals surface area contributed by atoms with E-state index in [2.05, 4.69) is 17.4 Å². The zero-order valence-corrected chi connectivity index (χ0v) is 17.1. The zero-order valence-electron chi connectivity index (χ0n) is 16.4. The van der Waals surface area contributed by atoms with Gasteiger partial charge in [-0.05, 0) is 42.5 Å². The van der Waals surface area contributed by atoms with Gasteiger partial charge in [0, 0.05) is 34.3 Å². The highest BCUT2D eigenvalue weighted by Gasteiger charge is 2.41. The maximum absolute atomic E-state index is 13.3. The molecule has 0 amide bonds. The first-order valence-electron chi connectivity index (χ1n) is 9.62. The molecule has 0 aromatic heterocycles. The Morgan fingerprint density at radius 3 is 2.38 bits per heavy atom. The summed E-state index contributed by atoms with van der Waals surface area (Å²) in [6.07, 6.45) is 1.14. The lowest BCUT2D eigenvalue weighted by Crippen LogP contribution is -2.36. The van der Waals surface area contributed by atoms with Crippen LogP contribution in [-0.2, 0) is 14.3 Å². The predicted octanol–water partition coefficient (Wildman–Crippen LogP) is 4.87. The number of Topliss-reactive ketones (excluding diaryl/α,β-unsaturated/α-hetero) is 1. The number of esters is 1. The Morgan fingerprint density at radius 1 is 1.03 bits per heavy atom. The molecule has 148 valence electrons. The quantitative estimate of drug-likeness (QED) is 0.737. The van der Waals surface area contributed by atoms with Crippen LogP contribution in [0.1, 0.15) is 42.7 Å². The Bertz CT molecular complexity index is 1020. The minimum Gasteiger partial charge on any atom is -0.466 e. The van der Waals surface area contributed by atoms with Crippen molar-refractivity contribution in [3.63, 3.8) is 0 Å². The van der Waals surface area contributed by atoms with Crippen LogP contribution in [0.2, 0.25) is 5.02 Å². The van der Waals surface area contributed by atoms with E-state index in [1.54, 1.807) is 12.1 Å². The first-order valence-corrected chi connectivity index (χ1v) is 10.00. The van der Waals surface area contributed by atoms with E-state index in [0.717, 1.165) is 28.9 Å². The van der Waals surface area contributed by atoms with Crippen molar-refractivity contribution < 1.29 is 14.3 Å². The number of allylic oxidation sites excluding steroid dienone is 3. The summed E-state index contributed by atoms with van der Waals surface area (Å²) in [4.78, 5) is 25.9. The Morgan fingerprint density at radius 2 is 1.72 bits per heavy atom. The molecule has 2 aromatic rings. The molecule has 2 aromatic carbocycles. The van der Waals surface area contributed by atoms with E-state index in [1.807, 2.05) is 37.3 Å². The first-order chi connectivity index (χ1) is 14.0. The van der Waals surface area contributed by atoms with E-state index in [9.17, 15) is 9.59 Å². The van der Waals surface area contributed by atoms with E-state index < -0.39 is 11.9 Å². The van der Waals surface area contributed by atoms with Gasteiger partial charge in [-0.2, -0.15) is 0 Å². The average Bonchev–Trinajstić information content (AvgIpc) is 2.73. The van der Waals surface area contributed by atoms with Crippen LogP contribution in [0.15, 0.2) is 77.1 Å². The normalized spacial score (nSPS) is 21.6. The van der Waals surface area contributed by atoms with Gasteiger partial charge in [0.2, 0.25) is 0 Å². The number of nitrogens with one attached hydrogen (secondary N) is 1. The summed E-state index contributed by atoms with van der Waals surface area (Å²) in [5.74, 6) is -0.713. The van der Waals surface area contributed by atoms with Crippen LogP contribution in [0, 0.1) is 0 Å². The molecular weight excluding hydrogens is 386 g/mol. The van der Waals surface area contributed by atoms with Gasteiger partial charge >= 0.3 is 5.97 Å². The topological polar surface area (TPSA) is 55.4 Å². The van der Waals surface area contributed by atoms with Gasteiger partial charge in [0.15, 0.2) is 5.78 Å². The molecule has 2 atom stereocenters. The van der Waals surface area contributed by atoms with E-state index in [4.69, 9.17) is 16.3 Å². The van der Waals surface area contributed by atoms with Crippen molar-refractivity contribution in [1.29, 1.82) is 0 Å². The molecule has 1 aliphatic heterocycles. The molecule has 0 spiro atoms. The SMILES string of the molecule is COC(=O)C1=C(C)NC2=C(C(=O)C[C@@H](c3ccccc3)C2)[C@H]1c1ccc(Cl)cc1. The molecule has 0 unspecified atom stereocenters. The van der Waals surface area contributed by atoms with Crippen molar-refractivity contribution in [3.05, 3.63) is 93.3 Å². The van der Waals surface area contributed by atoms with E-state index >= 15 is 0 Å². The average molecular weight is 408 g/mol. The Kier molecular flexibility index (Phi) is 5.29. The molecule has 1 aliphatic carbocycles. The molecule has 1 N–H and O–H groups in total. The highest BCUT2D eigenvalue weighted by molar-refractivity contribution is 6.30. The third kappa shape index (κ3) is 3.60. The van der Waals surface area contributed by atoms with Crippen LogP contribution >= 0.6 is 11.6 Å².